The van der Waals surface area contributed by atoms with Crippen molar-refractivity contribution in [3.8, 4) is 0 Å². The van der Waals surface area contributed by atoms with Gasteiger partial charge in [-0.05, 0) is 38.2 Å². The van der Waals surface area contributed by atoms with Crippen LogP contribution in [0.2, 0.25) is 0 Å². The maximum atomic E-state index is 11.8. The number of aliphatic hydroxyl groups is 2. The van der Waals surface area contributed by atoms with Crippen LogP contribution in [-0.4, -0.2) is 52.1 Å². The number of nitrogens with zero attached hydrogens (tertiary/aromatic N) is 1. The van der Waals surface area contributed by atoms with E-state index in [0.717, 1.165) is 6.42 Å². The number of ether oxygens (including phenoxy) is 1. The van der Waals surface area contributed by atoms with E-state index in [0.29, 0.717) is 19.4 Å². The van der Waals surface area contributed by atoms with Crippen molar-refractivity contribution in [1.29, 1.82) is 0 Å². The Morgan fingerprint density at radius 2 is 2.32 bits per heavy atom. The number of carbonyl (C=O) groups excluding carboxylic acids is 1. The van der Waals surface area contributed by atoms with Gasteiger partial charge in [0.25, 0.3) is 0 Å². The summed E-state index contributed by atoms with van der Waals surface area (Å²) in [6.07, 6.45) is 4.74. The van der Waals surface area contributed by atoms with E-state index in [4.69, 9.17) is 4.74 Å². The van der Waals surface area contributed by atoms with Gasteiger partial charge in [-0.15, -0.1) is 0 Å². The van der Waals surface area contributed by atoms with Crippen molar-refractivity contribution >= 4 is 6.09 Å². The van der Waals surface area contributed by atoms with Gasteiger partial charge in [0, 0.05) is 0 Å². The molecule has 1 unspecified atom stereocenters. The minimum absolute atomic E-state index is 0.0266. The lowest BCUT2D eigenvalue weighted by atomic mass is 9.87. The highest BCUT2D eigenvalue weighted by atomic mass is 16.6. The zero-order valence-corrected chi connectivity index (χ0v) is 11.5. The maximum Gasteiger partial charge on any atom is 0.410 e. The predicted molar refractivity (Wildman–Crippen MR) is 70.6 cm³/mol. The Kier molecular flexibility index (Phi) is 4.47. The minimum Gasteiger partial charge on any atom is -0.440 e. The molecule has 0 aliphatic carbocycles. The normalized spacial score (nSPS) is 36.4. The molecule has 0 aromatic heterocycles. The van der Waals surface area contributed by atoms with Crippen molar-refractivity contribution in [1.82, 2.24) is 4.90 Å². The molecule has 0 aromatic carbocycles. The number of allylic oxidation sites excluding steroid dienone is 1. The van der Waals surface area contributed by atoms with E-state index in [1.807, 2.05) is 19.1 Å². The third kappa shape index (κ3) is 3.28. The summed E-state index contributed by atoms with van der Waals surface area (Å²) in [5, 5.41) is 18.9. The van der Waals surface area contributed by atoms with Crippen molar-refractivity contribution in [3.63, 3.8) is 0 Å². The fraction of sp³-hybridized carbons (Fsp3) is 0.786. The molecular formula is C14H23NO4. The van der Waals surface area contributed by atoms with Gasteiger partial charge in [-0.2, -0.15) is 0 Å². The van der Waals surface area contributed by atoms with Crippen LogP contribution in [0.15, 0.2) is 12.2 Å². The molecule has 108 valence electrons. The van der Waals surface area contributed by atoms with Crippen molar-refractivity contribution in [3.05, 3.63) is 12.2 Å². The number of hydrogen-bond acceptors (Lipinski definition) is 4. The van der Waals surface area contributed by atoms with Crippen LogP contribution < -0.4 is 0 Å². The fourth-order valence-electron chi connectivity index (χ4n) is 2.97. The molecule has 5 heteroatoms. The van der Waals surface area contributed by atoms with E-state index in [9.17, 15) is 15.0 Å². The summed E-state index contributed by atoms with van der Waals surface area (Å²) in [6.45, 7) is 4.17. The highest BCUT2D eigenvalue weighted by molar-refractivity contribution is 5.71. The Hall–Kier alpha value is -1.07. The average molecular weight is 269 g/mol. The molecular weight excluding hydrogens is 246 g/mol. The Balaban J connectivity index is 1.97. The molecule has 19 heavy (non-hydrogen) atoms. The molecule has 2 aliphatic heterocycles. The lowest BCUT2D eigenvalue weighted by Crippen LogP contribution is -2.50. The number of carbonyl (C=O) groups is 1. The summed E-state index contributed by atoms with van der Waals surface area (Å²) in [6, 6.07) is 0.0266. The lowest BCUT2D eigenvalue weighted by molar-refractivity contribution is 0.0373. The first-order chi connectivity index (χ1) is 8.99. The van der Waals surface area contributed by atoms with E-state index >= 15 is 0 Å². The van der Waals surface area contributed by atoms with Crippen LogP contribution in [0.3, 0.4) is 0 Å². The molecule has 2 saturated heterocycles. The van der Waals surface area contributed by atoms with E-state index in [1.165, 1.54) is 0 Å². The molecule has 2 N–H and O–H groups in total. The summed E-state index contributed by atoms with van der Waals surface area (Å²) in [5.41, 5.74) is 0. The molecule has 0 bridgehead atoms. The second-order valence-corrected chi connectivity index (χ2v) is 5.71. The van der Waals surface area contributed by atoms with Crippen LogP contribution in [0, 0.1) is 5.92 Å². The number of piperidine rings is 1. The van der Waals surface area contributed by atoms with E-state index < -0.39 is 6.10 Å². The molecule has 0 spiro atoms. The zero-order valence-electron chi connectivity index (χ0n) is 11.5. The van der Waals surface area contributed by atoms with Crippen molar-refractivity contribution < 1.29 is 19.7 Å². The molecule has 2 rings (SSSR count). The first-order valence-corrected chi connectivity index (χ1v) is 6.99. The summed E-state index contributed by atoms with van der Waals surface area (Å²) in [4.78, 5) is 13.4. The number of amides is 1. The molecule has 0 radical (unpaired) electrons. The van der Waals surface area contributed by atoms with Gasteiger partial charge in [-0.25, -0.2) is 4.79 Å². The van der Waals surface area contributed by atoms with Crippen LogP contribution in [0.25, 0.3) is 0 Å². The summed E-state index contributed by atoms with van der Waals surface area (Å²) >= 11 is 0. The monoisotopic (exact) mass is 269 g/mol. The van der Waals surface area contributed by atoms with Crippen LogP contribution in [0.1, 0.15) is 33.1 Å². The standard InChI is InChI=1S/C14H23NO4/c1-9-7-11(17)8-15-13(9)12(19-14(15)18)6-4-3-5-10(2)16/h4,6,9-13,16-17H,3,5,7-8H2,1-2H3/b6-4+/t9-,10?,11+,12-,13-/m0/s1. The minimum atomic E-state index is -0.447. The highest BCUT2D eigenvalue weighted by Crippen LogP contribution is 2.33. The van der Waals surface area contributed by atoms with Gasteiger partial charge >= 0.3 is 6.09 Å². The third-order valence-corrected chi connectivity index (χ3v) is 3.88. The predicted octanol–water partition coefficient (Wildman–Crippen LogP) is 1.29. The van der Waals surface area contributed by atoms with E-state index in [1.54, 1.807) is 11.8 Å². The van der Waals surface area contributed by atoms with Gasteiger partial charge in [-0.1, -0.05) is 13.0 Å². The SMILES string of the molecule is CC(O)CC/C=C/[C@@H]1OC(=O)N2C[C@H](O)C[C@H](C)[C@@H]12. The second kappa shape index (κ2) is 5.92. The highest BCUT2D eigenvalue weighted by Gasteiger charge is 2.47. The largest absolute Gasteiger partial charge is 0.440 e. The molecule has 5 atom stereocenters. The van der Waals surface area contributed by atoms with Crippen LogP contribution in [-0.2, 0) is 4.74 Å². The summed E-state index contributed by atoms with van der Waals surface area (Å²) in [7, 11) is 0. The molecule has 5 nitrogen and oxygen atoms in total. The molecule has 2 fully saturated rings. The summed E-state index contributed by atoms with van der Waals surface area (Å²) in [5.74, 6) is 0.224. The van der Waals surface area contributed by atoms with E-state index in [-0.39, 0.29) is 30.3 Å². The average Bonchev–Trinajstić information content (AvgIpc) is 2.62. The summed E-state index contributed by atoms with van der Waals surface area (Å²) < 4.78 is 5.36. The topological polar surface area (TPSA) is 70.0 Å². The number of rotatable bonds is 4. The molecule has 0 saturated carbocycles. The number of cyclic esters (lactones) is 1. The molecule has 2 heterocycles. The van der Waals surface area contributed by atoms with Gasteiger partial charge in [-0.3, -0.25) is 4.90 Å². The van der Waals surface area contributed by atoms with Crippen molar-refractivity contribution in [2.45, 2.75) is 57.5 Å². The Bertz CT molecular complexity index is 355. The molecule has 2 aliphatic rings. The quantitative estimate of drug-likeness (QED) is 0.755. The van der Waals surface area contributed by atoms with Gasteiger partial charge < -0.3 is 14.9 Å². The number of hydrogen-bond donors (Lipinski definition) is 2. The van der Waals surface area contributed by atoms with Crippen molar-refractivity contribution in [2.24, 2.45) is 5.92 Å². The van der Waals surface area contributed by atoms with Crippen LogP contribution in [0.5, 0.6) is 0 Å². The van der Waals surface area contributed by atoms with Gasteiger partial charge in [0.1, 0.15) is 6.10 Å². The third-order valence-electron chi connectivity index (χ3n) is 3.88. The maximum absolute atomic E-state index is 11.8. The first kappa shape index (κ1) is 14.3. The van der Waals surface area contributed by atoms with Crippen LogP contribution >= 0.6 is 0 Å². The van der Waals surface area contributed by atoms with E-state index in [2.05, 4.69) is 0 Å². The number of fused-ring (bicyclic) bond motifs is 1. The van der Waals surface area contributed by atoms with Gasteiger partial charge in [0.05, 0.1) is 24.8 Å². The Morgan fingerprint density at radius 3 is 3.00 bits per heavy atom. The zero-order chi connectivity index (χ0) is 14.0. The second-order valence-electron chi connectivity index (χ2n) is 5.71. The van der Waals surface area contributed by atoms with Gasteiger partial charge in [0.15, 0.2) is 0 Å². The Morgan fingerprint density at radius 1 is 1.58 bits per heavy atom. The van der Waals surface area contributed by atoms with Crippen molar-refractivity contribution in [2.75, 3.05) is 6.54 Å². The van der Waals surface area contributed by atoms with Crippen LogP contribution in [0.4, 0.5) is 4.79 Å². The molecule has 1 amide bonds. The smallest absolute Gasteiger partial charge is 0.410 e. The molecule has 0 aromatic rings. The first-order valence-electron chi connectivity index (χ1n) is 6.99. The Labute approximate surface area is 113 Å². The fourth-order valence-corrected chi connectivity index (χ4v) is 2.97. The lowest BCUT2D eigenvalue weighted by Gasteiger charge is -2.36. The number of aliphatic hydroxyl groups excluding tert-OH is 2. The van der Waals surface area contributed by atoms with Gasteiger partial charge in [0.2, 0.25) is 0 Å².